The smallest absolute Gasteiger partial charge is 0.353 e. The molecule has 0 aliphatic carbocycles. The van der Waals surface area contributed by atoms with E-state index < -0.39 is 5.97 Å². The van der Waals surface area contributed by atoms with Crippen LogP contribution in [0.3, 0.4) is 0 Å². The third kappa shape index (κ3) is 2.10. The molecule has 0 fully saturated rings. The fourth-order valence-electron chi connectivity index (χ4n) is 0.375. The number of aromatic amines is 1. The maximum absolute atomic E-state index is 9.99. The van der Waals surface area contributed by atoms with Crippen LogP contribution >= 0.6 is 0 Å². The van der Waals surface area contributed by atoms with Crippen LogP contribution in [0.4, 0.5) is 0 Å². The van der Waals surface area contributed by atoms with Crippen LogP contribution in [0.1, 0.15) is 10.5 Å². The SMILES string of the molecule is O=C(O)c1ccn[nH]1.[Zr]. The molecule has 5 heteroatoms. The Labute approximate surface area is 70.4 Å². The van der Waals surface area contributed by atoms with Gasteiger partial charge in [0.2, 0.25) is 0 Å². The Kier molecular flexibility index (Phi) is 3.39. The van der Waals surface area contributed by atoms with Crippen molar-refractivity contribution in [1.29, 1.82) is 0 Å². The second-order valence-corrected chi connectivity index (χ2v) is 1.28. The molecule has 0 saturated carbocycles. The van der Waals surface area contributed by atoms with Crippen molar-refractivity contribution in [3.05, 3.63) is 18.0 Å². The molecule has 0 radical (unpaired) electrons. The minimum Gasteiger partial charge on any atom is -0.477 e. The second-order valence-electron chi connectivity index (χ2n) is 1.28. The van der Waals surface area contributed by atoms with Crippen LogP contribution in [0.2, 0.25) is 0 Å². The number of rotatable bonds is 1. The largest absolute Gasteiger partial charge is 0.477 e. The van der Waals surface area contributed by atoms with Gasteiger partial charge in [-0.25, -0.2) is 4.79 Å². The van der Waals surface area contributed by atoms with Crippen LogP contribution in [0.25, 0.3) is 0 Å². The van der Waals surface area contributed by atoms with Crippen molar-refractivity contribution < 1.29 is 36.1 Å². The minimum atomic E-state index is -0.984. The first kappa shape index (κ1) is 8.56. The summed E-state index contributed by atoms with van der Waals surface area (Å²) in [6.45, 7) is 0. The summed E-state index contributed by atoms with van der Waals surface area (Å²) < 4.78 is 0. The molecule has 1 aromatic rings. The van der Waals surface area contributed by atoms with Gasteiger partial charge in [-0.05, 0) is 6.07 Å². The summed E-state index contributed by atoms with van der Waals surface area (Å²) in [5.74, 6) is -0.984. The monoisotopic (exact) mass is 202 g/mol. The molecule has 0 aromatic carbocycles. The first-order valence-corrected chi connectivity index (χ1v) is 2.03. The van der Waals surface area contributed by atoms with Crippen molar-refractivity contribution >= 4 is 5.97 Å². The van der Waals surface area contributed by atoms with Crippen molar-refractivity contribution in [3.63, 3.8) is 0 Å². The number of hydrogen-bond donors (Lipinski definition) is 2. The van der Waals surface area contributed by atoms with Crippen molar-refractivity contribution in [2.75, 3.05) is 0 Å². The number of carbonyl (C=O) groups is 1. The quantitative estimate of drug-likeness (QED) is 0.680. The summed E-state index contributed by atoms with van der Waals surface area (Å²) in [4.78, 5) is 9.99. The Morgan fingerprint density at radius 2 is 2.44 bits per heavy atom. The number of aromatic carboxylic acids is 1. The summed E-state index contributed by atoms with van der Waals surface area (Å²) in [5.41, 5.74) is 0.116. The average molecular weight is 203 g/mol. The van der Waals surface area contributed by atoms with E-state index in [1.807, 2.05) is 0 Å². The van der Waals surface area contributed by atoms with Crippen LogP contribution in [0.15, 0.2) is 12.3 Å². The zero-order valence-electron chi connectivity index (χ0n) is 4.46. The Morgan fingerprint density at radius 3 is 2.67 bits per heavy atom. The fraction of sp³-hybridized carbons (Fsp3) is 0. The van der Waals surface area contributed by atoms with Gasteiger partial charge in [0.25, 0.3) is 0 Å². The fourth-order valence-corrected chi connectivity index (χ4v) is 0.375. The number of carboxylic acids is 1. The van der Waals surface area contributed by atoms with Crippen molar-refractivity contribution in [2.24, 2.45) is 0 Å². The predicted molar refractivity (Wildman–Crippen MR) is 25.5 cm³/mol. The van der Waals surface area contributed by atoms with Gasteiger partial charge >= 0.3 is 5.97 Å². The second kappa shape index (κ2) is 3.56. The van der Waals surface area contributed by atoms with E-state index in [9.17, 15) is 4.79 Å². The van der Waals surface area contributed by atoms with Gasteiger partial charge in [0.15, 0.2) is 0 Å². The third-order valence-corrected chi connectivity index (χ3v) is 0.731. The minimum absolute atomic E-state index is 0. The normalized spacial score (nSPS) is 8.00. The zero-order valence-corrected chi connectivity index (χ0v) is 6.92. The predicted octanol–water partition coefficient (Wildman–Crippen LogP) is 0.105. The van der Waals surface area contributed by atoms with Gasteiger partial charge in [-0.1, -0.05) is 0 Å². The summed E-state index contributed by atoms with van der Waals surface area (Å²) >= 11 is 0. The van der Waals surface area contributed by atoms with E-state index in [4.69, 9.17) is 5.11 Å². The molecule has 2 N–H and O–H groups in total. The first-order valence-electron chi connectivity index (χ1n) is 2.03. The Bertz CT molecular complexity index is 184. The molecule has 0 spiro atoms. The van der Waals surface area contributed by atoms with Crippen LogP contribution in [-0.4, -0.2) is 21.3 Å². The van der Waals surface area contributed by atoms with Gasteiger partial charge in [0.1, 0.15) is 5.69 Å². The molecule has 1 rings (SSSR count). The molecule has 0 atom stereocenters. The van der Waals surface area contributed by atoms with Gasteiger partial charge < -0.3 is 5.11 Å². The van der Waals surface area contributed by atoms with Gasteiger partial charge in [0, 0.05) is 32.4 Å². The van der Waals surface area contributed by atoms with E-state index in [1.165, 1.54) is 12.3 Å². The summed E-state index contributed by atoms with van der Waals surface area (Å²) in [5, 5.41) is 13.9. The van der Waals surface area contributed by atoms with Crippen molar-refractivity contribution in [1.82, 2.24) is 10.2 Å². The summed E-state index contributed by atoms with van der Waals surface area (Å²) in [7, 11) is 0. The molecule has 0 bridgehead atoms. The topological polar surface area (TPSA) is 66.0 Å². The van der Waals surface area contributed by atoms with Crippen LogP contribution < -0.4 is 0 Å². The number of carboxylic acid groups (broad SMARTS) is 1. The molecule has 4 nitrogen and oxygen atoms in total. The van der Waals surface area contributed by atoms with Gasteiger partial charge in [0.05, 0.1) is 0 Å². The molecule has 0 amide bonds. The average Bonchev–Trinajstić information content (AvgIpc) is 2.12. The van der Waals surface area contributed by atoms with Crippen molar-refractivity contribution in [2.45, 2.75) is 0 Å². The molecule has 1 heterocycles. The maximum Gasteiger partial charge on any atom is 0.353 e. The van der Waals surface area contributed by atoms with E-state index in [0.717, 1.165) is 0 Å². The zero-order chi connectivity index (χ0) is 5.98. The number of nitrogens with one attached hydrogen (secondary N) is 1. The van der Waals surface area contributed by atoms with Gasteiger partial charge in [-0.2, -0.15) is 5.10 Å². The van der Waals surface area contributed by atoms with E-state index >= 15 is 0 Å². The third-order valence-electron chi connectivity index (χ3n) is 0.731. The van der Waals surface area contributed by atoms with Gasteiger partial charge in [-0.15, -0.1) is 0 Å². The van der Waals surface area contributed by atoms with Crippen LogP contribution in [-0.2, 0) is 26.2 Å². The number of hydrogen-bond acceptors (Lipinski definition) is 2. The summed E-state index contributed by atoms with van der Waals surface area (Å²) in [6, 6.07) is 1.39. The molecular formula is C4H4N2O2Zr. The van der Waals surface area contributed by atoms with E-state index in [-0.39, 0.29) is 31.9 Å². The number of aromatic nitrogens is 2. The molecule has 0 saturated heterocycles. The molecular weight excluding hydrogens is 199 g/mol. The van der Waals surface area contributed by atoms with Crippen LogP contribution in [0, 0.1) is 0 Å². The number of nitrogens with zero attached hydrogens (tertiary/aromatic N) is 1. The Morgan fingerprint density at radius 1 is 1.78 bits per heavy atom. The van der Waals surface area contributed by atoms with Crippen molar-refractivity contribution in [3.8, 4) is 0 Å². The van der Waals surface area contributed by atoms with Gasteiger partial charge in [-0.3, -0.25) is 5.10 Å². The molecule has 9 heavy (non-hydrogen) atoms. The maximum atomic E-state index is 9.99. The molecule has 46 valence electrons. The van der Waals surface area contributed by atoms with E-state index in [0.29, 0.717) is 0 Å². The standard InChI is InChI=1S/C4H4N2O2.Zr/c7-4(8)3-1-2-5-6-3;/h1-2H,(H,5,6)(H,7,8);. The molecule has 0 aliphatic rings. The van der Waals surface area contributed by atoms with E-state index in [2.05, 4.69) is 10.2 Å². The molecule has 0 unspecified atom stereocenters. The molecule has 0 aliphatic heterocycles. The van der Waals surface area contributed by atoms with Crippen LogP contribution in [0.5, 0.6) is 0 Å². The molecule has 1 aromatic heterocycles. The Hall–Kier alpha value is -0.437. The number of H-pyrrole nitrogens is 1. The first-order chi connectivity index (χ1) is 3.80. The van der Waals surface area contributed by atoms with E-state index in [1.54, 1.807) is 0 Å². The Balaban J connectivity index is 0.000000640. The summed E-state index contributed by atoms with van der Waals surface area (Å²) in [6.07, 6.45) is 1.39.